The number of aliphatic hydroxyl groups excluding tert-OH is 1. The van der Waals surface area contributed by atoms with E-state index in [2.05, 4.69) is 37.4 Å². The quantitative estimate of drug-likeness (QED) is 0.886. The number of hydrogen-bond donors (Lipinski definition) is 2. The SMILES string of the molecule is Cc1ccc(C(C)NCC(O)c2ccc(C#N)cc2)s1. The highest BCUT2D eigenvalue weighted by Crippen LogP contribution is 2.23. The molecule has 0 aliphatic carbocycles. The van der Waals surface area contributed by atoms with Crippen molar-refractivity contribution < 1.29 is 5.11 Å². The smallest absolute Gasteiger partial charge is 0.0991 e. The van der Waals surface area contributed by atoms with E-state index in [9.17, 15) is 5.11 Å². The fourth-order valence-electron chi connectivity index (χ4n) is 1.97. The van der Waals surface area contributed by atoms with E-state index in [1.165, 1.54) is 9.75 Å². The van der Waals surface area contributed by atoms with Crippen LogP contribution in [0.1, 0.15) is 40.0 Å². The van der Waals surface area contributed by atoms with E-state index in [0.29, 0.717) is 12.1 Å². The third-order valence-electron chi connectivity index (χ3n) is 3.23. The minimum atomic E-state index is -0.564. The molecule has 1 heterocycles. The van der Waals surface area contributed by atoms with Crippen molar-refractivity contribution in [1.29, 1.82) is 5.26 Å². The standard InChI is InChI=1S/C16H18N2OS/c1-11-3-8-16(20-11)12(2)18-10-15(19)14-6-4-13(9-17)5-7-14/h3-8,12,15,18-19H,10H2,1-2H3. The monoisotopic (exact) mass is 286 g/mol. The lowest BCUT2D eigenvalue weighted by Gasteiger charge is -2.16. The Bertz CT molecular complexity index is 598. The van der Waals surface area contributed by atoms with Crippen molar-refractivity contribution in [2.75, 3.05) is 6.54 Å². The van der Waals surface area contributed by atoms with E-state index < -0.39 is 6.10 Å². The number of thiophene rings is 1. The Kier molecular flexibility index (Phi) is 4.91. The number of nitriles is 1. The maximum absolute atomic E-state index is 10.1. The first-order valence-corrected chi connectivity index (χ1v) is 7.39. The predicted molar refractivity (Wildman–Crippen MR) is 81.6 cm³/mol. The van der Waals surface area contributed by atoms with E-state index in [-0.39, 0.29) is 6.04 Å². The Morgan fingerprint density at radius 1 is 1.25 bits per heavy atom. The van der Waals surface area contributed by atoms with Crippen molar-refractivity contribution in [1.82, 2.24) is 5.32 Å². The average molecular weight is 286 g/mol. The topological polar surface area (TPSA) is 56.0 Å². The zero-order valence-corrected chi connectivity index (χ0v) is 12.4. The molecule has 0 amide bonds. The Labute approximate surface area is 123 Å². The van der Waals surface area contributed by atoms with E-state index in [0.717, 1.165) is 5.56 Å². The number of rotatable bonds is 5. The van der Waals surface area contributed by atoms with Gasteiger partial charge in [0, 0.05) is 22.3 Å². The number of benzene rings is 1. The van der Waals surface area contributed by atoms with E-state index >= 15 is 0 Å². The molecule has 0 bridgehead atoms. The van der Waals surface area contributed by atoms with Gasteiger partial charge in [-0.1, -0.05) is 12.1 Å². The van der Waals surface area contributed by atoms with Crippen LogP contribution in [0.5, 0.6) is 0 Å². The van der Waals surface area contributed by atoms with Crippen LogP contribution in [-0.2, 0) is 0 Å². The van der Waals surface area contributed by atoms with Crippen LogP contribution in [0, 0.1) is 18.3 Å². The van der Waals surface area contributed by atoms with Gasteiger partial charge in [0.15, 0.2) is 0 Å². The summed E-state index contributed by atoms with van der Waals surface area (Å²) in [5.41, 5.74) is 1.43. The second-order valence-electron chi connectivity index (χ2n) is 4.83. The molecule has 20 heavy (non-hydrogen) atoms. The molecule has 1 aromatic heterocycles. The van der Waals surface area contributed by atoms with Crippen LogP contribution in [0.3, 0.4) is 0 Å². The molecule has 0 aliphatic rings. The molecule has 0 saturated heterocycles. The van der Waals surface area contributed by atoms with Gasteiger partial charge in [-0.25, -0.2) is 0 Å². The van der Waals surface area contributed by atoms with Crippen LogP contribution < -0.4 is 5.32 Å². The highest BCUT2D eigenvalue weighted by atomic mass is 32.1. The highest BCUT2D eigenvalue weighted by molar-refractivity contribution is 7.12. The summed E-state index contributed by atoms with van der Waals surface area (Å²) in [6, 6.07) is 13.6. The van der Waals surface area contributed by atoms with Crippen LogP contribution in [0.15, 0.2) is 36.4 Å². The zero-order valence-electron chi connectivity index (χ0n) is 11.6. The Hall–Kier alpha value is -1.67. The minimum absolute atomic E-state index is 0.224. The van der Waals surface area contributed by atoms with Gasteiger partial charge >= 0.3 is 0 Å². The van der Waals surface area contributed by atoms with Crippen molar-refractivity contribution in [3.63, 3.8) is 0 Å². The third-order valence-corrected chi connectivity index (χ3v) is 4.41. The number of hydrogen-bond acceptors (Lipinski definition) is 4. The molecular formula is C16H18N2OS. The maximum atomic E-state index is 10.1. The van der Waals surface area contributed by atoms with Gasteiger partial charge in [-0.2, -0.15) is 5.26 Å². The average Bonchev–Trinajstić information content (AvgIpc) is 2.91. The van der Waals surface area contributed by atoms with Crippen LogP contribution in [0.2, 0.25) is 0 Å². The molecule has 3 nitrogen and oxygen atoms in total. The molecule has 0 aliphatic heterocycles. The molecule has 2 unspecified atom stereocenters. The molecule has 1 aromatic carbocycles. The van der Waals surface area contributed by atoms with Gasteiger partial charge in [0.05, 0.1) is 17.7 Å². The predicted octanol–water partition coefficient (Wildman–Crippen LogP) is 3.31. The lowest BCUT2D eigenvalue weighted by atomic mass is 10.1. The fraction of sp³-hybridized carbons (Fsp3) is 0.312. The van der Waals surface area contributed by atoms with Gasteiger partial charge in [0.1, 0.15) is 0 Å². The summed E-state index contributed by atoms with van der Waals surface area (Å²) in [5, 5.41) is 22.2. The summed E-state index contributed by atoms with van der Waals surface area (Å²) in [5.74, 6) is 0. The second-order valence-corrected chi connectivity index (χ2v) is 6.15. The number of aliphatic hydroxyl groups is 1. The maximum Gasteiger partial charge on any atom is 0.0991 e. The fourth-order valence-corrected chi connectivity index (χ4v) is 2.88. The first kappa shape index (κ1) is 14.7. The molecule has 0 radical (unpaired) electrons. The van der Waals surface area contributed by atoms with Crippen LogP contribution >= 0.6 is 11.3 Å². The lowest BCUT2D eigenvalue weighted by molar-refractivity contribution is 0.171. The molecule has 2 N–H and O–H groups in total. The Morgan fingerprint density at radius 3 is 2.50 bits per heavy atom. The zero-order chi connectivity index (χ0) is 14.5. The molecule has 2 rings (SSSR count). The van der Waals surface area contributed by atoms with Crippen molar-refractivity contribution >= 4 is 11.3 Å². The molecule has 0 spiro atoms. The van der Waals surface area contributed by atoms with Crippen molar-refractivity contribution in [3.8, 4) is 6.07 Å². The van der Waals surface area contributed by atoms with Crippen LogP contribution in [0.25, 0.3) is 0 Å². The van der Waals surface area contributed by atoms with Crippen LogP contribution in [-0.4, -0.2) is 11.7 Å². The molecule has 2 atom stereocenters. The van der Waals surface area contributed by atoms with Crippen molar-refractivity contribution in [2.45, 2.75) is 26.0 Å². The Morgan fingerprint density at radius 2 is 1.95 bits per heavy atom. The number of nitrogens with zero attached hydrogens (tertiary/aromatic N) is 1. The summed E-state index contributed by atoms with van der Waals surface area (Å²) in [6.45, 7) is 4.67. The van der Waals surface area contributed by atoms with Crippen molar-refractivity contribution in [3.05, 3.63) is 57.3 Å². The first-order valence-electron chi connectivity index (χ1n) is 6.58. The Balaban J connectivity index is 1.91. The lowest BCUT2D eigenvalue weighted by Crippen LogP contribution is -2.24. The van der Waals surface area contributed by atoms with Gasteiger partial charge in [0.25, 0.3) is 0 Å². The van der Waals surface area contributed by atoms with Gasteiger partial charge in [-0.15, -0.1) is 11.3 Å². The molecular weight excluding hydrogens is 268 g/mol. The third kappa shape index (κ3) is 3.67. The summed E-state index contributed by atoms with van der Waals surface area (Å²) in [7, 11) is 0. The summed E-state index contributed by atoms with van der Waals surface area (Å²) < 4.78 is 0. The van der Waals surface area contributed by atoms with Crippen molar-refractivity contribution in [2.24, 2.45) is 0 Å². The normalized spacial score (nSPS) is 13.7. The van der Waals surface area contributed by atoms with Crippen LogP contribution in [0.4, 0.5) is 0 Å². The van der Waals surface area contributed by atoms with Gasteiger partial charge in [-0.05, 0) is 43.7 Å². The molecule has 0 fully saturated rings. The van der Waals surface area contributed by atoms with Gasteiger partial charge in [-0.3, -0.25) is 0 Å². The molecule has 0 saturated carbocycles. The first-order chi connectivity index (χ1) is 9.60. The number of nitrogens with one attached hydrogen (secondary N) is 1. The number of aryl methyl sites for hydroxylation is 1. The summed E-state index contributed by atoms with van der Waals surface area (Å²) >= 11 is 1.77. The molecule has 104 valence electrons. The van der Waals surface area contributed by atoms with Gasteiger partial charge in [0.2, 0.25) is 0 Å². The minimum Gasteiger partial charge on any atom is -0.387 e. The highest BCUT2D eigenvalue weighted by Gasteiger charge is 2.11. The summed E-state index contributed by atoms with van der Waals surface area (Å²) in [4.78, 5) is 2.57. The molecule has 2 aromatic rings. The summed E-state index contributed by atoms with van der Waals surface area (Å²) in [6.07, 6.45) is -0.564. The largest absolute Gasteiger partial charge is 0.387 e. The van der Waals surface area contributed by atoms with E-state index in [1.807, 2.05) is 0 Å². The van der Waals surface area contributed by atoms with E-state index in [1.54, 1.807) is 35.6 Å². The second kappa shape index (κ2) is 6.67. The van der Waals surface area contributed by atoms with Gasteiger partial charge < -0.3 is 10.4 Å². The van der Waals surface area contributed by atoms with E-state index in [4.69, 9.17) is 5.26 Å². The molecule has 4 heteroatoms.